The molecule has 2 unspecified atom stereocenters. The van der Waals surface area contributed by atoms with Crippen molar-refractivity contribution in [1.29, 1.82) is 0 Å². The van der Waals surface area contributed by atoms with Gasteiger partial charge in [-0.1, -0.05) is 25.8 Å². The summed E-state index contributed by atoms with van der Waals surface area (Å²) in [6.45, 7) is 2.15. The molecule has 0 aromatic heterocycles. The summed E-state index contributed by atoms with van der Waals surface area (Å²) in [6, 6.07) is 4.56. The van der Waals surface area contributed by atoms with Gasteiger partial charge in [0, 0.05) is 6.04 Å². The molecule has 7 nitrogen and oxygen atoms in total. The van der Waals surface area contributed by atoms with Crippen LogP contribution < -0.4 is 16.6 Å². The molecule has 2 atom stereocenters. The first-order chi connectivity index (χ1) is 10.0. The van der Waals surface area contributed by atoms with Crippen molar-refractivity contribution < 1.29 is 9.72 Å². The van der Waals surface area contributed by atoms with Gasteiger partial charge in [-0.05, 0) is 30.9 Å². The van der Waals surface area contributed by atoms with Crippen molar-refractivity contribution in [3.63, 3.8) is 0 Å². The number of nitrogens with one attached hydrogen (secondary N) is 2. The van der Waals surface area contributed by atoms with Crippen molar-refractivity contribution in [2.45, 2.75) is 38.6 Å². The number of nitrogen functional groups attached to an aromatic ring is 1. The predicted molar refractivity (Wildman–Crippen MR) is 79.8 cm³/mol. The number of anilines is 1. The molecule has 0 radical (unpaired) electrons. The van der Waals surface area contributed by atoms with E-state index in [4.69, 9.17) is 5.84 Å². The molecule has 21 heavy (non-hydrogen) atoms. The van der Waals surface area contributed by atoms with E-state index in [0.717, 1.165) is 19.3 Å². The number of hydrogen-bond donors (Lipinski definition) is 3. The van der Waals surface area contributed by atoms with Gasteiger partial charge in [-0.25, -0.2) is 0 Å². The zero-order chi connectivity index (χ0) is 15.4. The number of amides is 1. The van der Waals surface area contributed by atoms with Crippen LogP contribution in [0.4, 0.5) is 11.4 Å². The minimum Gasteiger partial charge on any atom is -0.349 e. The minimum atomic E-state index is -0.590. The van der Waals surface area contributed by atoms with Crippen LogP contribution >= 0.6 is 0 Å². The molecule has 1 aliphatic rings. The third-order valence-corrected chi connectivity index (χ3v) is 3.89. The summed E-state index contributed by atoms with van der Waals surface area (Å²) >= 11 is 0. The monoisotopic (exact) mass is 292 g/mol. The summed E-state index contributed by atoms with van der Waals surface area (Å²) in [5.41, 5.74) is 2.14. The number of hydrazine groups is 1. The fourth-order valence-corrected chi connectivity index (χ4v) is 2.87. The fourth-order valence-electron chi connectivity index (χ4n) is 2.87. The van der Waals surface area contributed by atoms with Crippen LogP contribution in [0.1, 0.15) is 43.0 Å². The van der Waals surface area contributed by atoms with Gasteiger partial charge >= 0.3 is 5.69 Å². The van der Waals surface area contributed by atoms with Crippen LogP contribution in [0.2, 0.25) is 0 Å². The van der Waals surface area contributed by atoms with Gasteiger partial charge in [0.05, 0.1) is 4.92 Å². The van der Waals surface area contributed by atoms with Crippen molar-refractivity contribution in [2.24, 2.45) is 11.8 Å². The highest BCUT2D eigenvalue weighted by Gasteiger charge is 2.27. The maximum absolute atomic E-state index is 12.3. The van der Waals surface area contributed by atoms with Gasteiger partial charge in [-0.3, -0.25) is 20.8 Å². The van der Waals surface area contributed by atoms with Gasteiger partial charge in [0.25, 0.3) is 5.91 Å². The van der Waals surface area contributed by atoms with Crippen LogP contribution in [0.5, 0.6) is 0 Å². The SMILES string of the molecule is CC1CCCC(NC(=O)c2cccc(NN)c2[N+](=O)[O-])C1. The quantitative estimate of drug-likeness (QED) is 0.447. The summed E-state index contributed by atoms with van der Waals surface area (Å²) in [6.07, 6.45) is 4.06. The zero-order valence-electron chi connectivity index (χ0n) is 12.0. The molecule has 1 aliphatic carbocycles. The lowest BCUT2D eigenvalue weighted by molar-refractivity contribution is -0.384. The third-order valence-electron chi connectivity index (χ3n) is 3.89. The predicted octanol–water partition coefficient (Wildman–Crippen LogP) is 2.19. The normalized spacial score (nSPS) is 21.6. The van der Waals surface area contributed by atoms with E-state index in [1.165, 1.54) is 18.6 Å². The lowest BCUT2D eigenvalue weighted by Crippen LogP contribution is -2.38. The Kier molecular flexibility index (Phi) is 4.74. The summed E-state index contributed by atoms with van der Waals surface area (Å²) in [4.78, 5) is 22.9. The molecule has 4 N–H and O–H groups in total. The average molecular weight is 292 g/mol. The van der Waals surface area contributed by atoms with E-state index in [9.17, 15) is 14.9 Å². The first-order valence-corrected chi connectivity index (χ1v) is 7.07. The molecule has 0 bridgehead atoms. The number of nitrogens with two attached hydrogens (primary N) is 1. The van der Waals surface area contributed by atoms with Crippen LogP contribution in [0.15, 0.2) is 18.2 Å². The highest BCUT2D eigenvalue weighted by atomic mass is 16.6. The summed E-state index contributed by atoms with van der Waals surface area (Å²) < 4.78 is 0. The molecule has 1 amide bonds. The average Bonchev–Trinajstić information content (AvgIpc) is 2.46. The Morgan fingerprint density at radius 3 is 2.81 bits per heavy atom. The number of nitrogens with zero attached hydrogens (tertiary/aromatic N) is 1. The Labute approximate surface area is 123 Å². The van der Waals surface area contributed by atoms with Crippen LogP contribution in [0.25, 0.3) is 0 Å². The number of nitro benzene ring substituents is 1. The maximum atomic E-state index is 12.3. The van der Waals surface area contributed by atoms with Crippen molar-refractivity contribution in [2.75, 3.05) is 5.43 Å². The van der Waals surface area contributed by atoms with Crippen molar-refractivity contribution in [3.05, 3.63) is 33.9 Å². The number of carbonyl (C=O) groups excluding carboxylic acids is 1. The molecular weight excluding hydrogens is 272 g/mol. The van der Waals surface area contributed by atoms with Crippen molar-refractivity contribution in [1.82, 2.24) is 5.32 Å². The summed E-state index contributed by atoms with van der Waals surface area (Å²) in [7, 11) is 0. The van der Waals surface area contributed by atoms with Gasteiger partial charge in [0.2, 0.25) is 0 Å². The largest absolute Gasteiger partial charge is 0.349 e. The zero-order valence-corrected chi connectivity index (χ0v) is 12.0. The second-order valence-corrected chi connectivity index (χ2v) is 5.55. The van der Waals surface area contributed by atoms with E-state index in [-0.39, 0.29) is 23.0 Å². The molecule has 114 valence electrons. The Morgan fingerprint density at radius 1 is 1.43 bits per heavy atom. The summed E-state index contributed by atoms with van der Waals surface area (Å²) in [5.74, 6) is 5.42. The molecule has 1 fully saturated rings. The Hall–Kier alpha value is -2.15. The number of rotatable bonds is 4. The Balaban J connectivity index is 2.21. The molecule has 0 spiro atoms. The molecule has 0 saturated heterocycles. The molecule has 1 aromatic rings. The highest BCUT2D eigenvalue weighted by molar-refractivity contribution is 6.00. The van der Waals surface area contributed by atoms with E-state index in [1.807, 2.05) is 0 Å². The van der Waals surface area contributed by atoms with Gasteiger partial charge in [0.1, 0.15) is 11.3 Å². The van der Waals surface area contributed by atoms with Crippen LogP contribution in [0, 0.1) is 16.0 Å². The first-order valence-electron chi connectivity index (χ1n) is 7.07. The third kappa shape index (κ3) is 3.49. The molecule has 1 aromatic carbocycles. The molecular formula is C14H20N4O3. The van der Waals surface area contributed by atoms with E-state index in [0.29, 0.717) is 5.92 Å². The first kappa shape index (κ1) is 15.2. The number of nitro groups is 1. The molecule has 0 aliphatic heterocycles. The fraction of sp³-hybridized carbons (Fsp3) is 0.500. The number of para-hydroxylation sites is 1. The minimum absolute atomic E-state index is 0.0358. The van der Waals surface area contributed by atoms with Crippen molar-refractivity contribution >= 4 is 17.3 Å². The lowest BCUT2D eigenvalue weighted by atomic mass is 9.87. The second kappa shape index (κ2) is 6.53. The molecule has 2 rings (SSSR count). The number of benzene rings is 1. The molecule has 0 heterocycles. The van der Waals surface area contributed by atoms with Crippen LogP contribution in [-0.2, 0) is 0 Å². The molecule has 1 saturated carbocycles. The molecule has 7 heteroatoms. The van der Waals surface area contributed by atoms with E-state index >= 15 is 0 Å². The van der Waals surface area contributed by atoms with E-state index < -0.39 is 10.8 Å². The Morgan fingerprint density at radius 2 is 2.19 bits per heavy atom. The van der Waals surface area contributed by atoms with Crippen LogP contribution in [0.3, 0.4) is 0 Å². The van der Waals surface area contributed by atoms with Crippen molar-refractivity contribution in [3.8, 4) is 0 Å². The summed E-state index contributed by atoms with van der Waals surface area (Å²) in [5, 5.41) is 14.1. The smallest absolute Gasteiger partial charge is 0.306 e. The lowest BCUT2D eigenvalue weighted by Gasteiger charge is -2.27. The van der Waals surface area contributed by atoms with Crippen LogP contribution in [-0.4, -0.2) is 16.9 Å². The van der Waals surface area contributed by atoms with Gasteiger partial charge in [-0.2, -0.15) is 0 Å². The second-order valence-electron chi connectivity index (χ2n) is 5.55. The number of hydrogen-bond acceptors (Lipinski definition) is 5. The van der Waals surface area contributed by atoms with E-state index in [1.54, 1.807) is 6.07 Å². The van der Waals surface area contributed by atoms with Gasteiger partial charge in [-0.15, -0.1) is 0 Å². The number of carbonyl (C=O) groups is 1. The van der Waals surface area contributed by atoms with E-state index in [2.05, 4.69) is 17.7 Å². The topological polar surface area (TPSA) is 110 Å². The van der Waals surface area contributed by atoms with Gasteiger partial charge in [0.15, 0.2) is 0 Å². The maximum Gasteiger partial charge on any atom is 0.306 e. The standard InChI is InChI=1S/C14H20N4O3/c1-9-4-2-5-10(8-9)16-14(19)11-6-3-7-12(17-15)13(11)18(20)21/h3,6-7,9-10,17H,2,4-5,8,15H2,1H3,(H,16,19). The Bertz CT molecular complexity index is 547. The highest BCUT2D eigenvalue weighted by Crippen LogP contribution is 2.29. The van der Waals surface area contributed by atoms with Gasteiger partial charge < -0.3 is 10.7 Å².